The summed E-state index contributed by atoms with van der Waals surface area (Å²) in [5.74, 6) is 0.590. The standard InChI is InChI=1S/C13H24N4O3/c1-17(10-11-5-3-4-7-19-11)13-16-15-12(20-13)9-14-6-8-18-2/h11,14H,3-10H2,1-2H3. The summed E-state index contributed by atoms with van der Waals surface area (Å²) < 4.78 is 16.3. The van der Waals surface area contributed by atoms with Gasteiger partial charge in [0.15, 0.2) is 0 Å². The van der Waals surface area contributed by atoms with Gasteiger partial charge in [-0.05, 0) is 19.3 Å². The van der Waals surface area contributed by atoms with E-state index in [1.807, 2.05) is 11.9 Å². The molecule has 2 heterocycles. The Morgan fingerprint density at radius 3 is 3.05 bits per heavy atom. The third-order valence-electron chi connectivity index (χ3n) is 3.29. The van der Waals surface area contributed by atoms with Crippen molar-refractivity contribution in [2.45, 2.75) is 31.9 Å². The van der Waals surface area contributed by atoms with Gasteiger partial charge in [-0.2, -0.15) is 0 Å². The number of hydrogen-bond acceptors (Lipinski definition) is 7. The second-order valence-electron chi connectivity index (χ2n) is 5.02. The molecular weight excluding hydrogens is 260 g/mol. The van der Waals surface area contributed by atoms with E-state index in [0.717, 1.165) is 32.5 Å². The molecule has 0 aliphatic carbocycles. The zero-order valence-electron chi connectivity index (χ0n) is 12.3. The Morgan fingerprint density at radius 2 is 2.30 bits per heavy atom. The van der Waals surface area contributed by atoms with Crippen LogP contribution in [0.25, 0.3) is 0 Å². The molecule has 0 saturated carbocycles. The molecule has 0 amide bonds. The van der Waals surface area contributed by atoms with Crippen LogP contribution >= 0.6 is 0 Å². The molecule has 1 unspecified atom stereocenters. The van der Waals surface area contributed by atoms with Crippen molar-refractivity contribution in [2.75, 3.05) is 45.4 Å². The number of likely N-dealkylation sites (N-methyl/N-ethyl adjacent to an activating group) is 1. The van der Waals surface area contributed by atoms with E-state index < -0.39 is 0 Å². The van der Waals surface area contributed by atoms with Crippen LogP contribution in [0.4, 0.5) is 6.01 Å². The fourth-order valence-corrected chi connectivity index (χ4v) is 2.17. The summed E-state index contributed by atoms with van der Waals surface area (Å²) >= 11 is 0. The topological polar surface area (TPSA) is 72.7 Å². The Balaban J connectivity index is 1.75. The molecule has 114 valence electrons. The molecule has 1 aromatic rings. The maximum Gasteiger partial charge on any atom is 0.318 e. The Labute approximate surface area is 119 Å². The molecule has 1 atom stereocenters. The summed E-state index contributed by atoms with van der Waals surface area (Å²) in [5.41, 5.74) is 0. The van der Waals surface area contributed by atoms with E-state index in [1.54, 1.807) is 7.11 Å². The predicted octanol–water partition coefficient (Wildman–Crippen LogP) is 0.811. The van der Waals surface area contributed by atoms with Crippen molar-refractivity contribution in [3.63, 3.8) is 0 Å². The maximum atomic E-state index is 5.71. The zero-order chi connectivity index (χ0) is 14.2. The van der Waals surface area contributed by atoms with Gasteiger partial charge >= 0.3 is 6.01 Å². The second kappa shape index (κ2) is 8.18. The third kappa shape index (κ3) is 4.73. The van der Waals surface area contributed by atoms with Crippen molar-refractivity contribution >= 4 is 6.01 Å². The van der Waals surface area contributed by atoms with E-state index in [1.165, 1.54) is 6.42 Å². The summed E-state index contributed by atoms with van der Waals surface area (Å²) in [6.07, 6.45) is 3.77. The third-order valence-corrected chi connectivity index (χ3v) is 3.29. The molecule has 7 heteroatoms. The lowest BCUT2D eigenvalue weighted by atomic mass is 10.1. The van der Waals surface area contributed by atoms with Gasteiger partial charge in [0, 0.05) is 33.9 Å². The van der Waals surface area contributed by atoms with Crippen LogP contribution in [0.2, 0.25) is 0 Å². The summed E-state index contributed by atoms with van der Waals surface area (Å²) in [6, 6.07) is 0.544. The number of hydrogen-bond donors (Lipinski definition) is 1. The quantitative estimate of drug-likeness (QED) is 0.708. The minimum atomic E-state index is 0.268. The number of aromatic nitrogens is 2. The number of methoxy groups -OCH3 is 1. The molecule has 0 aromatic carbocycles. The lowest BCUT2D eigenvalue weighted by molar-refractivity contribution is 0.0211. The predicted molar refractivity (Wildman–Crippen MR) is 74.7 cm³/mol. The SMILES string of the molecule is COCCNCc1nnc(N(C)CC2CCCCO2)o1. The van der Waals surface area contributed by atoms with Crippen molar-refractivity contribution in [3.05, 3.63) is 5.89 Å². The molecule has 1 N–H and O–H groups in total. The first-order valence-electron chi connectivity index (χ1n) is 7.14. The van der Waals surface area contributed by atoms with Gasteiger partial charge in [0.05, 0.1) is 19.3 Å². The molecular formula is C13H24N4O3. The van der Waals surface area contributed by atoms with Gasteiger partial charge in [-0.3, -0.25) is 0 Å². The first-order chi connectivity index (χ1) is 9.79. The highest BCUT2D eigenvalue weighted by molar-refractivity contribution is 5.22. The van der Waals surface area contributed by atoms with Crippen molar-refractivity contribution in [1.82, 2.24) is 15.5 Å². The summed E-state index contributed by atoms with van der Waals surface area (Å²) in [4.78, 5) is 1.96. The van der Waals surface area contributed by atoms with Crippen molar-refractivity contribution < 1.29 is 13.9 Å². The van der Waals surface area contributed by atoms with Gasteiger partial charge in [0.2, 0.25) is 5.89 Å². The Hall–Kier alpha value is -1.18. The number of nitrogens with one attached hydrogen (secondary N) is 1. The fraction of sp³-hybridized carbons (Fsp3) is 0.846. The maximum absolute atomic E-state index is 5.71. The average molecular weight is 284 g/mol. The van der Waals surface area contributed by atoms with E-state index in [0.29, 0.717) is 25.1 Å². The van der Waals surface area contributed by atoms with E-state index in [2.05, 4.69) is 15.5 Å². The van der Waals surface area contributed by atoms with Crippen LogP contribution in [0, 0.1) is 0 Å². The highest BCUT2D eigenvalue weighted by Crippen LogP contribution is 2.17. The smallest absolute Gasteiger partial charge is 0.318 e. The van der Waals surface area contributed by atoms with Crippen LogP contribution in [0.15, 0.2) is 4.42 Å². The molecule has 1 fully saturated rings. The van der Waals surface area contributed by atoms with Gasteiger partial charge in [-0.25, -0.2) is 0 Å². The van der Waals surface area contributed by atoms with Crippen LogP contribution in [0.3, 0.4) is 0 Å². The molecule has 1 aliphatic heterocycles. The van der Waals surface area contributed by atoms with Gasteiger partial charge in [-0.1, -0.05) is 5.10 Å². The second-order valence-corrected chi connectivity index (χ2v) is 5.02. The van der Waals surface area contributed by atoms with Crippen LogP contribution in [0.1, 0.15) is 25.2 Å². The van der Waals surface area contributed by atoms with E-state index >= 15 is 0 Å². The van der Waals surface area contributed by atoms with E-state index in [-0.39, 0.29) is 6.10 Å². The molecule has 7 nitrogen and oxygen atoms in total. The Kier molecular flexibility index (Phi) is 6.23. The van der Waals surface area contributed by atoms with Crippen LogP contribution in [-0.2, 0) is 16.0 Å². The molecule has 0 bridgehead atoms. The fourth-order valence-electron chi connectivity index (χ4n) is 2.17. The number of nitrogens with zero attached hydrogens (tertiary/aromatic N) is 3. The van der Waals surface area contributed by atoms with Crippen molar-refractivity contribution in [2.24, 2.45) is 0 Å². The molecule has 0 radical (unpaired) electrons. The van der Waals surface area contributed by atoms with Gasteiger partial charge in [0.1, 0.15) is 0 Å². The van der Waals surface area contributed by atoms with Crippen molar-refractivity contribution in [3.8, 4) is 0 Å². The molecule has 1 aromatic heterocycles. The monoisotopic (exact) mass is 284 g/mol. The highest BCUT2D eigenvalue weighted by atomic mass is 16.5. The van der Waals surface area contributed by atoms with Crippen LogP contribution < -0.4 is 10.2 Å². The largest absolute Gasteiger partial charge is 0.407 e. The molecule has 20 heavy (non-hydrogen) atoms. The lowest BCUT2D eigenvalue weighted by Crippen LogP contribution is -2.33. The van der Waals surface area contributed by atoms with Crippen LogP contribution in [0.5, 0.6) is 0 Å². The van der Waals surface area contributed by atoms with Gasteiger partial charge < -0.3 is 24.1 Å². The number of rotatable bonds is 8. The summed E-state index contributed by atoms with van der Waals surface area (Å²) in [7, 11) is 3.63. The lowest BCUT2D eigenvalue weighted by Gasteiger charge is -2.26. The average Bonchev–Trinajstić information content (AvgIpc) is 2.94. The van der Waals surface area contributed by atoms with Crippen LogP contribution in [-0.4, -0.2) is 56.8 Å². The first-order valence-corrected chi connectivity index (χ1v) is 7.14. The first kappa shape index (κ1) is 15.2. The van der Waals surface area contributed by atoms with E-state index in [9.17, 15) is 0 Å². The zero-order valence-corrected chi connectivity index (χ0v) is 12.3. The summed E-state index contributed by atoms with van der Waals surface area (Å²) in [5, 5.41) is 11.3. The van der Waals surface area contributed by atoms with E-state index in [4.69, 9.17) is 13.9 Å². The Morgan fingerprint density at radius 1 is 1.40 bits per heavy atom. The summed E-state index contributed by atoms with van der Waals surface area (Å²) in [6.45, 7) is 3.64. The normalized spacial score (nSPS) is 19.2. The highest BCUT2D eigenvalue weighted by Gasteiger charge is 2.19. The van der Waals surface area contributed by atoms with Gasteiger partial charge in [-0.15, -0.1) is 5.10 Å². The van der Waals surface area contributed by atoms with Crippen molar-refractivity contribution in [1.29, 1.82) is 0 Å². The molecule has 1 aliphatic rings. The minimum Gasteiger partial charge on any atom is -0.407 e. The Bertz CT molecular complexity index is 379. The number of anilines is 1. The number of ether oxygens (including phenoxy) is 2. The molecule has 2 rings (SSSR count). The van der Waals surface area contributed by atoms with Gasteiger partial charge in [0.25, 0.3) is 0 Å². The molecule has 1 saturated heterocycles. The minimum absolute atomic E-state index is 0.268. The molecule has 0 spiro atoms.